The normalized spacial score (nSPS) is 7.91. The van der Waals surface area contributed by atoms with Gasteiger partial charge in [0.2, 0.25) is 0 Å². The van der Waals surface area contributed by atoms with E-state index in [0.717, 1.165) is 0 Å². The van der Waals surface area contributed by atoms with Gasteiger partial charge in [0, 0.05) is 0 Å². The molecule has 0 heterocycles. The molecule has 11 heavy (non-hydrogen) atoms. The van der Waals surface area contributed by atoms with Crippen LogP contribution >= 0.6 is 0 Å². The Balaban J connectivity index is -0.0000000383. The van der Waals surface area contributed by atoms with Crippen LogP contribution in [0.25, 0.3) is 0 Å². The van der Waals surface area contributed by atoms with Crippen LogP contribution in [0.4, 0.5) is 0 Å². The number of hydrogen-bond donors (Lipinski definition) is 7. The molecule has 0 saturated carbocycles. The van der Waals surface area contributed by atoms with Crippen molar-refractivity contribution in [2.75, 3.05) is 0 Å². The van der Waals surface area contributed by atoms with Crippen molar-refractivity contribution in [2.24, 2.45) is 0 Å². The Kier molecular flexibility index (Phi) is 24.7. The van der Waals surface area contributed by atoms with Gasteiger partial charge in [-0.2, -0.15) is 0 Å². The molecule has 0 radical (unpaired) electrons. The zero-order valence-electron chi connectivity index (χ0n) is 4.21. The molecule has 0 rings (SSSR count). The van der Waals surface area contributed by atoms with Gasteiger partial charge in [-0.1, -0.05) is 0 Å². The summed E-state index contributed by atoms with van der Waals surface area (Å²) in [5, 5.41) is 21.5. The van der Waals surface area contributed by atoms with Crippen LogP contribution in [0.3, 0.4) is 0 Å². The van der Waals surface area contributed by atoms with Gasteiger partial charge in [-0.25, -0.2) is 0 Å². The van der Waals surface area contributed by atoms with Crippen molar-refractivity contribution < 1.29 is 34.3 Å². The van der Waals surface area contributed by atoms with Gasteiger partial charge in [-0.15, -0.1) is 0 Å². The predicted molar refractivity (Wildman–Crippen MR) is 45.5 cm³/mol. The molecule has 11 heteroatoms. The van der Waals surface area contributed by atoms with Crippen molar-refractivity contribution in [1.29, 1.82) is 0 Å². The van der Waals surface area contributed by atoms with Gasteiger partial charge >= 0.3 is 54.1 Å². The topological polar surface area (TPSA) is 142 Å². The maximum absolute atomic E-state index is 7.33. The molecule has 7 nitrogen and oxygen atoms in total. The molecule has 0 aromatic carbocycles. The van der Waals surface area contributed by atoms with Gasteiger partial charge in [0.15, 0.2) is 17.4 Å². The van der Waals surface area contributed by atoms with Gasteiger partial charge in [0.25, 0.3) is 0 Å². The first-order valence-electron chi connectivity index (χ1n) is 1.67. The Morgan fingerprint density at radius 2 is 0.818 bits per heavy atom. The third-order valence-corrected chi connectivity index (χ3v) is 0. The van der Waals surface area contributed by atoms with Crippen molar-refractivity contribution in [1.82, 2.24) is 0 Å². The Hall–Kier alpha value is 1.79. The van der Waals surface area contributed by atoms with Crippen molar-refractivity contribution >= 4 is 71.5 Å². The van der Waals surface area contributed by atoms with Crippen molar-refractivity contribution in [3.8, 4) is 0 Å². The van der Waals surface area contributed by atoms with E-state index in [1.807, 2.05) is 0 Å². The molecular weight excluding hydrogens is 218 g/mol. The van der Waals surface area contributed by atoms with Crippen LogP contribution in [0.1, 0.15) is 0 Å². The molecule has 0 aliphatic carbocycles. The second-order valence-electron chi connectivity index (χ2n) is 0.946. The third-order valence-electron chi connectivity index (χ3n) is 0. The van der Waals surface area contributed by atoms with Crippen LogP contribution in [-0.4, -0.2) is 106 Å². The monoisotopic (exact) mass is 230 g/mol. The Morgan fingerprint density at radius 3 is 0.818 bits per heavy atom. The average molecular weight is 230 g/mol. The number of hydrogen-bond acceptors (Lipinski definition) is 7. The third kappa shape index (κ3) is 352. The average Bonchev–Trinajstić information content (AvgIpc) is 1.19. The fraction of sp³-hybridized carbons (Fsp3) is 0. The first-order valence-corrected chi connectivity index (χ1v) is 3.46. The van der Waals surface area contributed by atoms with Crippen molar-refractivity contribution in [3.05, 3.63) is 0 Å². The van der Waals surface area contributed by atoms with Crippen LogP contribution in [0, 0.1) is 0 Å². The van der Waals surface area contributed by atoms with E-state index in [-0.39, 0.29) is 55.1 Å². The molecule has 0 saturated heterocycles. The molecule has 7 N–H and O–H groups in total. The summed E-state index contributed by atoms with van der Waals surface area (Å²) in [7, 11) is -6.78. The van der Waals surface area contributed by atoms with Crippen molar-refractivity contribution in [3.63, 3.8) is 0 Å². The molecule has 0 amide bonds. The predicted octanol–water partition coefficient (Wildman–Crippen LogP) is -6.76. The fourth-order valence-corrected chi connectivity index (χ4v) is 0. The summed E-state index contributed by atoms with van der Waals surface area (Å²) >= 11 is 0. The van der Waals surface area contributed by atoms with Gasteiger partial charge in [-0.3, -0.25) is 0 Å². The van der Waals surface area contributed by atoms with Gasteiger partial charge in [0.05, 0.1) is 0 Å². The van der Waals surface area contributed by atoms with Crippen LogP contribution < -0.4 is 0 Å². The van der Waals surface area contributed by atoms with E-state index >= 15 is 0 Å². The minimum absolute atomic E-state index is 0. The first kappa shape index (κ1) is 23.0. The number of rotatable bonds is 0. The van der Waals surface area contributed by atoms with Gasteiger partial charge in [0.1, 0.15) is 0 Å². The molecule has 0 spiro atoms. The van der Waals surface area contributed by atoms with E-state index in [0.29, 0.717) is 0 Å². The maximum atomic E-state index is 7.33. The van der Waals surface area contributed by atoms with Crippen molar-refractivity contribution in [2.45, 2.75) is 0 Å². The van der Waals surface area contributed by atoms with Crippen LogP contribution in [-0.2, 0) is 0 Å². The standard InChI is InChI=1S/Al.BH3O3.Ca.H4O4Si.5H/c;2-1(3)4;;1-5(2,3)4;;;;;/h;2-4H;;1-4H;;;;;. The molecule has 0 unspecified atom stereocenters. The second-order valence-corrected chi connectivity index (χ2v) is 2.15. The van der Waals surface area contributed by atoms with Gasteiger partial charge in [-0.05, 0) is 0 Å². The Bertz CT molecular complexity index is 55.2. The summed E-state index contributed by atoms with van der Waals surface area (Å²) in [5.41, 5.74) is 0. The molecule has 0 aromatic rings. The molecule has 0 aromatic heterocycles. The molecule has 0 fully saturated rings. The quantitative estimate of drug-likeness (QED) is 0.205. The molecule has 0 aliphatic rings. The fourth-order valence-electron chi connectivity index (χ4n) is 0. The molecule has 66 valence electrons. The molecular formula is H12AlBCaO7Si. The van der Waals surface area contributed by atoms with E-state index in [1.165, 1.54) is 0 Å². The summed E-state index contributed by atoms with van der Waals surface area (Å²) in [6.45, 7) is 0. The van der Waals surface area contributed by atoms with E-state index in [2.05, 4.69) is 0 Å². The first-order chi connectivity index (χ1) is 3.73. The summed E-state index contributed by atoms with van der Waals surface area (Å²) < 4.78 is 0. The SMILES string of the molecule is OB(O)O.O[Si](O)(O)O.[AlH3].[CaH2]. The summed E-state index contributed by atoms with van der Waals surface area (Å²) in [5.74, 6) is 0. The summed E-state index contributed by atoms with van der Waals surface area (Å²) in [6.07, 6.45) is 0. The Morgan fingerprint density at radius 1 is 0.818 bits per heavy atom. The van der Waals surface area contributed by atoms with E-state index < -0.39 is 16.4 Å². The molecule has 0 atom stereocenters. The van der Waals surface area contributed by atoms with Crippen LogP contribution in [0.2, 0.25) is 0 Å². The van der Waals surface area contributed by atoms with E-state index in [9.17, 15) is 0 Å². The second kappa shape index (κ2) is 11.8. The van der Waals surface area contributed by atoms with Crippen LogP contribution in [0.5, 0.6) is 0 Å². The van der Waals surface area contributed by atoms with E-state index in [4.69, 9.17) is 34.3 Å². The van der Waals surface area contributed by atoms with Gasteiger partial charge < -0.3 is 34.3 Å². The zero-order chi connectivity index (χ0) is 8.08. The van der Waals surface area contributed by atoms with Crippen LogP contribution in [0.15, 0.2) is 0 Å². The minimum atomic E-state index is -4.61. The molecule has 0 aliphatic heterocycles. The molecule has 0 bridgehead atoms. The Labute approximate surface area is 105 Å². The summed E-state index contributed by atoms with van der Waals surface area (Å²) in [6, 6.07) is 0. The summed E-state index contributed by atoms with van der Waals surface area (Å²) in [4.78, 5) is 29.3. The van der Waals surface area contributed by atoms with E-state index in [1.54, 1.807) is 0 Å². The zero-order valence-corrected chi connectivity index (χ0v) is 5.21.